The number of hydrogen-bond donors (Lipinski definition) is 1. The van der Waals surface area contributed by atoms with Gasteiger partial charge in [0.2, 0.25) is 0 Å². The lowest BCUT2D eigenvalue weighted by molar-refractivity contribution is 0.459. The van der Waals surface area contributed by atoms with E-state index in [9.17, 15) is 9.18 Å². The molecule has 0 saturated heterocycles. The maximum atomic E-state index is 13.4. The third-order valence-corrected chi connectivity index (χ3v) is 7.13. The zero-order valence-electron chi connectivity index (χ0n) is 17.8. The quantitative estimate of drug-likeness (QED) is 0.487. The standard InChI is InChI=1S/C24H24FN5OS/c1-15-11-27-19(12-26-15)13-28-18-5-6-20-21(10-18)32-23-22(20)24(31)30(14-29-23)8-7-16-3-2-4-17(25)9-16/h2-4,9,11-12,14,18,28H,5-8,10,13H2,1H3/t18-/m0/s1. The third-order valence-electron chi connectivity index (χ3n) is 5.97. The summed E-state index contributed by atoms with van der Waals surface area (Å²) in [4.78, 5) is 28.5. The van der Waals surface area contributed by atoms with Crippen molar-refractivity contribution in [2.45, 2.75) is 51.7 Å². The molecule has 32 heavy (non-hydrogen) atoms. The van der Waals surface area contributed by atoms with Crippen LogP contribution in [0.1, 0.15) is 33.8 Å². The molecular weight excluding hydrogens is 425 g/mol. The monoisotopic (exact) mass is 449 g/mol. The highest BCUT2D eigenvalue weighted by Crippen LogP contribution is 2.33. The van der Waals surface area contributed by atoms with Gasteiger partial charge in [-0.2, -0.15) is 0 Å². The van der Waals surface area contributed by atoms with Crippen molar-refractivity contribution < 1.29 is 4.39 Å². The SMILES string of the molecule is Cc1cnc(CN[C@H]2CCc3c(sc4ncn(CCc5cccc(F)c5)c(=O)c34)C2)cn1. The number of aryl methyl sites for hydroxylation is 4. The summed E-state index contributed by atoms with van der Waals surface area (Å²) in [6.45, 7) is 3.10. The fourth-order valence-electron chi connectivity index (χ4n) is 4.24. The maximum Gasteiger partial charge on any atom is 0.262 e. The van der Waals surface area contributed by atoms with Gasteiger partial charge in [0.05, 0.1) is 23.1 Å². The summed E-state index contributed by atoms with van der Waals surface area (Å²) < 4.78 is 15.1. The number of aromatic nitrogens is 4. The summed E-state index contributed by atoms with van der Waals surface area (Å²) in [5.41, 5.74) is 3.87. The molecule has 0 fully saturated rings. The smallest absolute Gasteiger partial charge is 0.262 e. The Labute approximate surface area is 189 Å². The van der Waals surface area contributed by atoms with Gasteiger partial charge in [-0.15, -0.1) is 11.3 Å². The molecule has 6 nitrogen and oxygen atoms in total. The molecule has 4 aromatic rings. The molecule has 0 bridgehead atoms. The normalized spacial score (nSPS) is 15.8. The molecule has 0 spiro atoms. The highest BCUT2D eigenvalue weighted by Gasteiger charge is 2.25. The van der Waals surface area contributed by atoms with Gasteiger partial charge < -0.3 is 5.32 Å². The van der Waals surface area contributed by atoms with E-state index in [2.05, 4.69) is 20.3 Å². The number of hydrogen-bond acceptors (Lipinski definition) is 6. The molecule has 1 N–H and O–H groups in total. The van der Waals surface area contributed by atoms with E-state index < -0.39 is 0 Å². The molecule has 1 aromatic carbocycles. The second-order valence-electron chi connectivity index (χ2n) is 8.28. The number of nitrogens with zero attached hydrogens (tertiary/aromatic N) is 4. The van der Waals surface area contributed by atoms with E-state index >= 15 is 0 Å². The van der Waals surface area contributed by atoms with Gasteiger partial charge in [0, 0.05) is 36.4 Å². The third kappa shape index (κ3) is 4.33. The van der Waals surface area contributed by atoms with Crippen LogP contribution in [-0.4, -0.2) is 25.6 Å². The van der Waals surface area contributed by atoms with Crippen molar-refractivity contribution >= 4 is 21.6 Å². The van der Waals surface area contributed by atoms with Gasteiger partial charge >= 0.3 is 0 Å². The summed E-state index contributed by atoms with van der Waals surface area (Å²) in [6.07, 6.45) is 8.52. The Morgan fingerprint density at radius 1 is 1.25 bits per heavy atom. The molecule has 5 rings (SSSR count). The van der Waals surface area contributed by atoms with Crippen molar-refractivity contribution in [2.75, 3.05) is 0 Å². The summed E-state index contributed by atoms with van der Waals surface area (Å²) in [5, 5.41) is 4.34. The molecule has 3 aromatic heterocycles. The average Bonchev–Trinajstić information content (AvgIpc) is 3.17. The first-order valence-electron chi connectivity index (χ1n) is 10.8. The summed E-state index contributed by atoms with van der Waals surface area (Å²) >= 11 is 1.62. The van der Waals surface area contributed by atoms with Crippen molar-refractivity contribution in [2.24, 2.45) is 0 Å². The summed E-state index contributed by atoms with van der Waals surface area (Å²) in [7, 11) is 0. The van der Waals surface area contributed by atoms with Crippen LogP contribution in [0.5, 0.6) is 0 Å². The Bertz CT molecular complexity index is 1310. The Balaban J connectivity index is 1.31. The van der Waals surface area contributed by atoms with E-state index in [0.717, 1.165) is 52.0 Å². The Morgan fingerprint density at radius 3 is 2.97 bits per heavy atom. The van der Waals surface area contributed by atoms with Crippen LogP contribution in [0.15, 0.2) is 47.8 Å². The number of thiophene rings is 1. The van der Waals surface area contributed by atoms with Gasteiger partial charge in [0.1, 0.15) is 10.6 Å². The predicted octanol–water partition coefficient (Wildman–Crippen LogP) is 3.59. The van der Waals surface area contributed by atoms with Crippen molar-refractivity contribution in [1.29, 1.82) is 0 Å². The average molecular weight is 450 g/mol. The Morgan fingerprint density at radius 2 is 2.16 bits per heavy atom. The Hall–Kier alpha value is -2.97. The van der Waals surface area contributed by atoms with Gasteiger partial charge in [-0.25, -0.2) is 9.37 Å². The van der Waals surface area contributed by atoms with Crippen molar-refractivity contribution in [3.8, 4) is 0 Å². The highest BCUT2D eigenvalue weighted by atomic mass is 32.1. The van der Waals surface area contributed by atoms with E-state index in [1.807, 2.05) is 19.2 Å². The molecule has 0 aliphatic heterocycles. The van der Waals surface area contributed by atoms with Crippen LogP contribution in [0.25, 0.3) is 10.2 Å². The Kier molecular flexibility index (Phi) is 5.80. The van der Waals surface area contributed by atoms with Crippen molar-refractivity contribution in [3.05, 3.63) is 86.5 Å². The minimum Gasteiger partial charge on any atom is -0.308 e. The maximum absolute atomic E-state index is 13.4. The number of fused-ring (bicyclic) bond motifs is 3. The molecule has 1 atom stereocenters. The molecule has 0 unspecified atom stereocenters. The predicted molar refractivity (Wildman–Crippen MR) is 123 cm³/mol. The number of halogens is 1. The number of nitrogens with one attached hydrogen (secondary N) is 1. The van der Waals surface area contributed by atoms with Crippen LogP contribution in [0.2, 0.25) is 0 Å². The van der Waals surface area contributed by atoms with Gasteiger partial charge in [0.15, 0.2) is 0 Å². The molecule has 0 amide bonds. The molecule has 1 aliphatic carbocycles. The lowest BCUT2D eigenvalue weighted by atomic mass is 9.93. The topological polar surface area (TPSA) is 72.7 Å². The second kappa shape index (κ2) is 8.88. The number of benzene rings is 1. The fraction of sp³-hybridized carbons (Fsp3) is 0.333. The molecule has 0 radical (unpaired) electrons. The van der Waals surface area contributed by atoms with Crippen LogP contribution in [0.3, 0.4) is 0 Å². The van der Waals surface area contributed by atoms with Gasteiger partial charge in [0.25, 0.3) is 5.56 Å². The molecule has 164 valence electrons. The van der Waals surface area contributed by atoms with E-state index in [-0.39, 0.29) is 11.4 Å². The molecule has 0 saturated carbocycles. The van der Waals surface area contributed by atoms with Crippen LogP contribution < -0.4 is 10.9 Å². The van der Waals surface area contributed by atoms with Crippen LogP contribution in [0, 0.1) is 12.7 Å². The first-order chi connectivity index (χ1) is 15.6. The molecular formula is C24H24FN5OS. The van der Waals surface area contributed by atoms with Gasteiger partial charge in [-0.05, 0) is 55.9 Å². The van der Waals surface area contributed by atoms with Gasteiger partial charge in [-0.1, -0.05) is 12.1 Å². The molecule has 8 heteroatoms. The van der Waals surface area contributed by atoms with E-state index in [4.69, 9.17) is 0 Å². The highest BCUT2D eigenvalue weighted by molar-refractivity contribution is 7.18. The first kappa shape index (κ1) is 20.9. The van der Waals surface area contributed by atoms with E-state index in [1.54, 1.807) is 34.5 Å². The number of rotatable bonds is 6. The lowest BCUT2D eigenvalue weighted by Gasteiger charge is -2.23. The fourth-order valence-corrected chi connectivity index (χ4v) is 5.49. The molecule has 3 heterocycles. The summed E-state index contributed by atoms with van der Waals surface area (Å²) in [5.74, 6) is -0.257. The van der Waals surface area contributed by atoms with Crippen LogP contribution >= 0.6 is 11.3 Å². The second-order valence-corrected chi connectivity index (χ2v) is 9.36. The van der Waals surface area contributed by atoms with Gasteiger partial charge in [-0.3, -0.25) is 19.3 Å². The zero-order valence-corrected chi connectivity index (χ0v) is 18.7. The minimum atomic E-state index is -0.257. The van der Waals surface area contributed by atoms with Crippen LogP contribution in [-0.2, 0) is 32.4 Å². The largest absolute Gasteiger partial charge is 0.308 e. The lowest BCUT2D eigenvalue weighted by Crippen LogP contribution is -2.34. The van der Waals surface area contributed by atoms with Crippen molar-refractivity contribution in [1.82, 2.24) is 24.8 Å². The zero-order chi connectivity index (χ0) is 22.1. The van der Waals surface area contributed by atoms with E-state index in [1.165, 1.54) is 17.0 Å². The summed E-state index contributed by atoms with van der Waals surface area (Å²) in [6, 6.07) is 6.85. The van der Waals surface area contributed by atoms with E-state index in [0.29, 0.717) is 25.6 Å². The first-order valence-corrected chi connectivity index (χ1v) is 11.6. The minimum absolute atomic E-state index is 0.00485. The van der Waals surface area contributed by atoms with Crippen molar-refractivity contribution in [3.63, 3.8) is 0 Å². The molecule has 1 aliphatic rings. The van der Waals surface area contributed by atoms with Crippen LogP contribution in [0.4, 0.5) is 4.39 Å².